The second-order valence-corrected chi connectivity index (χ2v) is 6.99. The SMILES string of the molecule is Cc1ccc(-c2nc(CC(=O)N(CCN)CCc3ccccc3)cs2)o1.Cl.Cl. The van der Waals surface area contributed by atoms with E-state index >= 15 is 0 Å². The van der Waals surface area contributed by atoms with Crippen LogP contribution in [0.3, 0.4) is 0 Å². The van der Waals surface area contributed by atoms with E-state index in [2.05, 4.69) is 17.1 Å². The molecule has 3 rings (SSSR count). The number of carbonyl (C=O) groups is 1. The number of benzene rings is 1. The van der Waals surface area contributed by atoms with Crippen LogP contribution in [0.2, 0.25) is 0 Å². The number of furan rings is 1. The van der Waals surface area contributed by atoms with Crippen molar-refractivity contribution in [2.45, 2.75) is 19.8 Å². The minimum atomic E-state index is 0. The highest BCUT2D eigenvalue weighted by atomic mass is 35.5. The topological polar surface area (TPSA) is 72.4 Å². The van der Waals surface area contributed by atoms with Crippen LogP contribution in [0.25, 0.3) is 10.8 Å². The lowest BCUT2D eigenvalue weighted by molar-refractivity contribution is -0.130. The predicted octanol–water partition coefficient (Wildman–Crippen LogP) is 4.13. The summed E-state index contributed by atoms with van der Waals surface area (Å²) in [4.78, 5) is 19.0. The molecular weight excluding hydrogens is 417 g/mol. The van der Waals surface area contributed by atoms with Crippen LogP contribution in [-0.2, 0) is 17.6 Å². The molecule has 28 heavy (non-hydrogen) atoms. The van der Waals surface area contributed by atoms with E-state index in [0.717, 1.165) is 28.6 Å². The summed E-state index contributed by atoms with van der Waals surface area (Å²) in [6.45, 7) is 3.57. The van der Waals surface area contributed by atoms with Gasteiger partial charge < -0.3 is 15.1 Å². The van der Waals surface area contributed by atoms with Crippen LogP contribution >= 0.6 is 36.2 Å². The van der Waals surface area contributed by atoms with Crippen LogP contribution < -0.4 is 5.73 Å². The zero-order valence-electron chi connectivity index (χ0n) is 15.7. The number of hydrogen-bond acceptors (Lipinski definition) is 5. The maximum Gasteiger partial charge on any atom is 0.228 e. The van der Waals surface area contributed by atoms with Crippen LogP contribution in [0.1, 0.15) is 17.0 Å². The lowest BCUT2D eigenvalue weighted by atomic mass is 10.1. The Kier molecular flexibility index (Phi) is 10.2. The van der Waals surface area contributed by atoms with E-state index in [1.807, 2.05) is 47.5 Å². The van der Waals surface area contributed by atoms with Crippen LogP contribution in [0.15, 0.2) is 52.3 Å². The van der Waals surface area contributed by atoms with Crippen molar-refractivity contribution in [3.63, 3.8) is 0 Å². The molecule has 0 unspecified atom stereocenters. The third-order valence-corrected chi connectivity index (χ3v) is 5.01. The largest absolute Gasteiger partial charge is 0.459 e. The van der Waals surface area contributed by atoms with Crippen LogP contribution in [-0.4, -0.2) is 35.4 Å². The molecule has 0 aliphatic heterocycles. The number of hydrogen-bond donors (Lipinski definition) is 1. The molecule has 8 heteroatoms. The van der Waals surface area contributed by atoms with E-state index in [4.69, 9.17) is 10.2 Å². The van der Waals surface area contributed by atoms with E-state index in [9.17, 15) is 4.79 Å². The Balaban J connectivity index is 0.00000196. The number of rotatable bonds is 8. The van der Waals surface area contributed by atoms with Gasteiger partial charge in [-0.05, 0) is 31.0 Å². The standard InChI is InChI=1S/C20H23N3O2S.2ClH/c1-15-7-8-18(25-15)20-22-17(14-26-20)13-19(24)23(12-10-21)11-9-16-5-3-2-4-6-16;;/h2-8,14H,9-13,21H2,1H3;2*1H. The summed E-state index contributed by atoms with van der Waals surface area (Å²) in [5.74, 6) is 1.65. The van der Waals surface area contributed by atoms with E-state index in [0.29, 0.717) is 19.6 Å². The first-order chi connectivity index (χ1) is 12.7. The molecule has 0 bridgehead atoms. The van der Waals surface area contributed by atoms with Gasteiger partial charge in [-0.3, -0.25) is 4.79 Å². The molecule has 0 spiro atoms. The highest BCUT2D eigenvalue weighted by molar-refractivity contribution is 7.13. The van der Waals surface area contributed by atoms with E-state index in [1.54, 1.807) is 0 Å². The highest BCUT2D eigenvalue weighted by Crippen LogP contribution is 2.25. The molecule has 0 atom stereocenters. The molecule has 0 saturated heterocycles. The average Bonchev–Trinajstić information content (AvgIpc) is 3.28. The summed E-state index contributed by atoms with van der Waals surface area (Å²) in [6.07, 6.45) is 1.10. The van der Waals surface area contributed by atoms with Gasteiger partial charge in [0.1, 0.15) is 5.76 Å². The van der Waals surface area contributed by atoms with Crippen molar-refractivity contribution in [3.05, 3.63) is 64.9 Å². The molecule has 0 radical (unpaired) electrons. The molecule has 3 aromatic rings. The average molecular weight is 442 g/mol. The second kappa shape index (κ2) is 11.9. The number of halogens is 2. The Morgan fingerprint density at radius 1 is 1.14 bits per heavy atom. The van der Waals surface area contributed by atoms with Crippen molar-refractivity contribution >= 4 is 42.1 Å². The third-order valence-electron chi connectivity index (χ3n) is 4.10. The minimum absolute atomic E-state index is 0. The molecule has 2 N–H and O–H groups in total. The normalized spacial score (nSPS) is 10.1. The van der Waals surface area contributed by atoms with Gasteiger partial charge in [-0.1, -0.05) is 30.3 Å². The fraction of sp³-hybridized carbons (Fsp3) is 0.300. The molecule has 2 heterocycles. The first kappa shape index (κ1) is 24.2. The van der Waals surface area contributed by atoms with E-state index < -0.39 is 0 Å². The Hall–Kier alpha value is -1.86. The number of aryl methyl sites for hydroxylation is 1. The maximum absolute atomic E-state index is 12.7. The van der Waals surface area contributed by atoms with Crippen LogP contribution in [0, 0.1) is 6.92 Å². The summed E-state index contributed by atoms with van der Waals surface area (Å²) in [7, 11) is 0. The van der Waals surface area contributed by atoms with E-state index in [1.165, 1.54) is 16.9 Å². The first-order valence-corrected chi connectivity index (χ1v) is 9.56. The van der Waals surface area contributed by atoms with Gasteiger partial charge in [0.2, 0.25) is 5.91 Å². The molecule has 2 aromatic heterocycles. The van der Waals surface area contributed by atoms with Gasteiger partial charge in [0.15, 0.2) is 10.8 Å². The van der Waals surface area contributed by atoms with Crippen molar-refractivity contribution in [2.75, 3.05) is 19.6 Å². The van der Waals surface area contributed by atoms with E-state index in [-0.39, 0.29) is 37.1 Å². The van der Waals surface area contributed by atoms with Gasteiger partial charge in [0, 0.05) is 25.0 Å². The number of aromatic nitrogens is 1. The van der Waals surface area contributed by atoms with Crippen LogP contribution in [0.5, 0.6) is 0 Å². The molecule has 5 nitrogen and oxygen atoms in total. The van der Waals surface area contributed by atoms with Crippen molar-refractivity contribution in [2.24, 2.45) is 5.73 Å². The maximum atomic E-state index is 12.7. The highest BCUT2D eigenvalue weighted by Gasteiger charge is 2.16. The van der Waals surface area contributed by atoms with Crippen molar-refractivity contribution in [1.29, 1.82) is 0 Å². The first-order valence-electron chi connectivity index (χ1n) is 8.68. The summed E-state index contributed by atoms with van der Waals surface area (Å²) >= 11 is 1.49. The lowest BCUT2D eigenvalue weighted by Crippen LogP contribution is -2.37. The van der Waals surface area contributed by atoms with Crippen LogP contribution in [0.4, 0.5) is 0 Å². The summed E-state index contributed by atoms with van der Waals surface area (Å²) < 4.78 is 5.60. The molecule has 0 aliphatic carbocycles. The lowest BCUT2D eigenvalue weighted by Gasteiger charge is -2.21. The van der Waals surface area contributed by atoms with Crippen molar-refractivity contribution < 1.29 is 9.21 Å². The predicted molar refractivity (Wildman–Crippen MR) is 119 cm³/mol. The van der Waals surface area contributed by atoms with Gasteiger partial charge in [0.05, 0.1) is 12.1 Å². The number of nitrogens with two attached hydrogens (primary N) is 1. The monoisotopic (exact) mass is 441 g/mol. The summed E-state index contributed by atoms with van der Waals surface area (Å²) in [5, 5.41) is 2.72. The van der Waals surface area contributed by atoms with Crippen molar-refractivity contribution in [1.82, 2.24) is 9.88 Å². The molecule has 1 amide bonds. The van der Waals surface area contributed by atoms with Crippen molar-refractivity contribution in [3.8, 4) is 10.8 Å². The van der Waals surface area contributed by atoms with Gasteiger partial charge in [-0.15, -0.1) is 36.2 Å². The molecule has 152 valence electrons. The Bertz CT molecular complexity index is 852. The summed E-state index contributed by atoms with van der Waals surface area (Å²) in [5.41, 5.74) is 7.68. The Morgan fingerprint density at radius 2 is 1.89 bits per heavy atom. The van der Waals surface area contributed by atoms with Gasteiger partial charge in [-0.2, -0.15) is 0 Å². The summed E-state index contributed by atoms with van der Waals surface area (Å²) in [6, 6.07) is 14.0. The molecule has 0 aliphatic rings. The number of nitrogens with zero attached hydrogens (tertiary/aromatic N) is 2. The van der Waals surface area contributed by atoms with Gasteiger partial charge in [-0.25, -0.2) is 4.98 Å². The quantitative estimate of drug-likeness (QED) is 0.570. The van der Waals surface area contributed by atoms with Gasteiger partial charge >= 0.3 is 0 Å². The number of thiazole rings is 1. The van der Waals surface area contributed by atoms with Gasteiger partial charge in [0.25, 0.3) is 0 Å². The Morgan fingerprint density at radius 3 is 2.54 bits per heavy atom. The number of carbonyl (C=O) groups excluding carboxylic acids is 1. The minimum Gasteiger partial charge on any atom is -0.459 e. The Labute approximate surface area is 181 Å². The third kappa shape index (κ3) is 6.63. The fourth-order valence-electron chi connectivity index (χ4n) is 2.74. The molecule has 0 saturated carbocycles. The molecular formula is C20H25Cl2N3O2S. The zero-order chi connectivity index (χ0) is 18.4. The number of amides is 1. The smallest absolute Gasteiger partial charge is 0.228 e. The zero-order valence-corrected chi connectivity index (χ0v) is 18.1. The fourth-order valence-corrected chi connectivity index (χ4v) is 3.52. The molecule has 1 aromatic carbocycles. The second-order valence-electron chi connectivity index (χ2n) is 6.14. The molecule has 0 fully saturated rings.